The highest BCUT2D eigenvalue weighted by molar-refractivity contribution is 4.32. The number of unbranched alkanes of at least 4 members (excludes halogenated alkanes) is 1. The molecule has 0 bridgehead atoms. The van der Waals surface area contributed by atoms with E-state index in [0.29, 0.717) is 6.79 Å². The molecule has 0 heterocycles. The first-order valence-corrected chi connectivity index (χ1v) is 12.6. The van der Waals surface area contributed by atoms with Crippen molar-refractivity contribution in [2.45, 2.75) is 82.1 Å². The molecule has 32 heavy (non-hydrogen) atoms. The van der Waals surface area contributed by atoms with Crippen LogP contribution in [0.3, 0.4) is 0 Å². The molecule has 0 aliphatic heterocycles. The Kier molecular flexibility index (Phi) is 75.4. The monoisotopic (exact) mass is 472 g/mol. The molecule has 0 spiro atoms. The lowest BCUT2D eigenvalue weighted by atomic mass is 10.4. The van der Waals surface area contributed by atoms with E-state index >= 15 is 0 Å². The zero-order valence-corrected chi connectivity index (χ0v) is 23.5. The molecule has 0 unspecified atom stereocenters. The Balaban J connectivity index is -0.0000000984. The molecule has 0 aliphatic rings. The van der Waals surface area contributed by atoms with E-state index in [9.17, 15) is 0 Å². The normalized spacial score (nSPS) is 9.19. The summed E-state index contributed by atoms with van der Waals surface area (Å²) in [6.45, 7) is 30.1. The van der Waals surface area contributed by atoms with Crippen molar-refractivity contribution in [2.75, 3.05) is 86.1 Å². The lowest BCUT2D eigenvalue weighted by Crippen LogP contribution is -2.04. The Morgan fingerprint density at radius 2 is 0.625 bits per heavy atom. The summed E-state index contributed by atoms with van der Waals surface area (Å²) in [4.78, 5) is 0. The van der Waals surface area contributed by atoms with Crippen LogP contribution < -0.4 is 0 Å². The third-order valence-corrected chi connectivity index (χ3v) is 3.02. The molecule has 0 saturated heterocycles. The van der Waals surface area contributed by atoms with Gasteiger partial charge in [-0.05, 0) is 68.7 Å². The molecule has 0 saturated carbocycles. The molecule has 0 atom stereocenters. The Bertz CT molecular complexity index is 188. The van der Waals surface area contributed by atoms with Gasteiger partial charge in [-0.1, -0.05) is 13.3 Å². The summed E-state index contributed by atoms with van der Waals surface area (Å²) in [5.74, 6) is 0. The van der Waals surface area contributed by atoms with Gasteiger partial charge in [0, 0.05) is 66.1 Å². The van der Waals surface area contributed by atoms with Gasteiger partial charge < -0.3 is 33.2 Å². The molecule has 0 radical (unpaired) electrons. The van der Waals surface area contributed by atoms with E-state index in [-0.39, 0.29) is 0 Å². The third-order valence-electron chi connectivity index (χ3n) is 3.02. The maximum atomic E-state index is 5.25. The SMILES string of the molecule is CCCCOCCOCC.CCOCC.CCOCC.CCOCC.CCOCOCC. The van der Waals surface area contributed by atoms with Crippen molar-refractivity contribution >= 4 is 0 Å². The molecule has 0 N–H and O–H groups in total. The molecular weight excluding hydrogens is 412 g/mol. The third kappa shape index (κ3) is 87.7. The minimum absolute atomic E-state index is 0.438. The maximum Gasteiger partial charge on any atom is 0.146 e. The van der Waals surface area contributed by atoms with E-state index < -0.39 is 0 Å². The zero-order valence-electron chi connectivity index (χ0n) is 23.5. The van der Waals surface area contributed by atoms with Crippen LogP contribution >= 0.6 is 0 Å². The van der Waals surface area contributed by atoms with E-state index in [1.165, 1.54) is 6.42 Å². The van der Waals surface area contributed by atoms with Gasteiger partial charge in [-0.15, -0.1) is 0 Å². The zero-order chi connectivity index (χ0) is 25.6. The van der Waals surface area contributed by atoms with Gasteiger partial charge in [-0.2, -0.15) is 0 Å². The van der Waals surface area contributed by atoms with Gasteiger partial charge >= 0.3 is 0 Å². The summed E-state index contributed by atoms with van der Waals surface area (Å²) in [6, 6.07) is 0. The minimum atomic E-state index is 0.438. The van der Waals surface area contributed by atoms with Crippen LogP contribution in [0.4, 0.5) is 0 Å². The molecule has 0 aromatic heterocycles. The molecule has 0 rings (SSSR count). The van der Waals surface area contributed by atoms with E-state index in [0.717, 1.165) is 85.7 Å². The van der Waals surface area contributed by atoms with Gasteiger partial charge in [0.15, 0.2) is 0 Å². The quantitative estimate of drug-likeness (QED) is 0.190. The van der Waals surface area contributed by atoms with Crippen molar-refractivity contribution < 1.29 is 33.2 Å². The van der Waals surface area contributed by atoms with Gasteiger partial charge in [0.05, 0.1) is 13.2 Å². The highest BCUT2D eigenvalue weighted by Crippen LogP contribution is 1.87. The molecule has 202 valence electrons. The fourth-order valence-corrected chi connectivity index (χ4v) is 1.45. The number of rotatable bonds is 17. The lowest BCUT2D eigenvalue weighted by molar-refractivity contribution is -0.0445. The molecule has 0 fully saturated rings. The summed E-state index contributed by atoms with van der Waals surface area (Å²) in [5, 5.41) is 0. The predicted octanol–water partition coefficient (Wildman–Crippen LogP) is 5.98. The second-order valence-electron chi connectivity index (χ2n) is 5.61. The topological polar surface area (TPSA) is 64.6 Å². The highest BCUT2D eigenvalue weighted by atomic mass is 16.7. The molecule has 7 nitrogen and oxygen atoms in total. The van der Waals surface area contributed by atoms with Crippen LogP contribution in [-0.2, 0) is 33.2 Å². The second-order valence-corrected chi connectivity index (χ2v) is 5.61. The molecule has 7 heteroatoms. The van der Waals surface area contributed by atoms with E-state index in [1.54, 1.807) is 0 Å². The summed E-state index contributed by atoms with van der Waals surface area (Å²) >= 11 is 0. The second kappa shape index (κ2) is 57.5. The van der Waals surface area contributed by atoms with Crippen molar-refractivity contribution in [3.63, 3.8) is 0 Å². The average Bonchev–Trinajstić information content (AvgIpc) is 2.80. The Labute approximate surface area is 201 Å². The van der Waals surface area contributed by atoms with Crippen LogP contribution in [0, 0.1) is 0 Å². The van der Waals surface area contributed by atoms with Crippen LogP contribution in [0.1, 0.15) is 82.1 Å². The predicted molar refractivity (Wildman–Crippen MR) is 137 cm³/mol. The van der Waals surface area contributed by atoms with Gasteiger partial charge in [0.1, 0.15) is 6.79 Å². The fourth-order valence-electron chi connectivity index (χ4n) is 1.45. The van der Waals surface area contributed by atoms with Gasteiger partial charge in [0.2, 0.25) is 0 Å². The van der Waals surface area contributed by atoms with Crippen molar-refractivity contribution in [2.24, 2.45) is 0 Å². The Hall–Kier alpha value is -0.280. The van der Waals surface area contributed by atoms with Gasteiger partial charge in [-0.3, -0.25) is 0 Å². The van der Waals surface area contributed by atoms with Crippen LogP contribution in [0.15, 0.2) is 0 Å². The Morgan fingerprint density at radius 3 is 0.875 bits per heavy atom. The van der Waals surface area contributed by atoms with Crippen LogP contribution in [0.25, 0.3) is 0 Å². The first kappa shape index (κ1) is 41.9. The van der Waals surface area contributed by atoms with E-state index in [2.05, 4.69) is 6.92 Å². The molecule has 0 aromatic carbocycles. The van der Waals surface area contributed by atoms with Crippen LogP contribution in [-0.4, -0.2) is 86.1 Å². The summed E-state index contributed by atoms with van der Waals surface area (Å²) in [7, 11) is 0. The van der Waals surface area contributed by atoms with Gasteiger partial charge in [0.25, 0.3) is 0 Å². The standard InChI is InChI=1S/C8H18O2.C5H12O2.3C4H10O/c1-3-5-6-10-8-7-9-4-2;1-3-6-5-7-4-2;3*1-3-5-4-2/h3-8H2,1-2H3;3-5H2,1-2H3;3*3-4H2,1-2H3. The van der Waals surface area contributed by atoms with Gasteiger partial charge in [-0.25, -0.2) is 0 Å². The van der Waals surface area contributed by atoms with Crippen LogP contribution in [0.2, 0.25) is 0 Å². The highest BCUT2D eigenvalue weighted by Gasteiger charge is 1.86. The Morgan fingerprint density at radius 1 is 0.312 bits per heavy atom. The molecule has 0 aliphatic carbocycles. The lowest BCUT2D eigenvalue weighted by Gasteiger charge is -2.02. The smallest absolute Gasteiger partial charge is 0.146 e. The summed E-state index contributed by atoms with van der Waals surface area (Å²) < 4.78 is 34.5. The molecule has 0 amide bonds. The van der Waals surface area contributed by atoms with E-state index in [4.69, 9.17) is 33.2 Å². The minimum Gasteiger partial charge on any atom is -0.382 e. The van der Waals surface area contributed by atoms with Crippen molar-refractivity contribution in [3.8, 4) is 0 Å². The number of hydrogen-bond donors (Lipinski definition) is 0. The maximum absolute atomic E-state index is 5.25. The number of ether oxygens (including phenoxy) is 7. The molecular formula is C25H60O7. The largest absolute Gasteiger partial charge is 0.382 e. The fraction of sp³-hybridized carbons (Fsp3) is 1.00. The average molecular weight is 473 g/mol. The number of hydrogen-bond acceptors (Lipinski definition) is 7. The van der Waals surface area contributed by atoms with Crippen molar-refractivity contribution in [1.29, 1.82) is 0 Å². The van der Waals surface area contributed by atoms with E-state index in [1.807, 2.05) is 62.3 Å². The molecule has 0 aromatic rings. The van der Waals surface area contributed by atoms with Crippen molar-refractivity contribution in [1.82, 2.24) is 0 Å². The summed E-state index contributed by atoms with van der Waals surface area (Å²) in [5.41, 5.74) is 0. The van der Waals surface area contributed by atoms with Crippen molar-refractivity contribution in [3.05, 3.63) is 0 Å². The first-order valence-electron chi connectivity index (χ1n) is 12.6. The first-order chi connectivity index (χ1) is 15.6. The van der Waals surface area contributed by atoms with Crippen LogP contribution in [0.5, 0.6) is 0 Å². The summed E-state index contributed by atoms with van der Waals surface area (Å²) in [6.07, 6.45) is 2.36.